The quantitative estimate of drug-likeness (QED) is 0.897. The first-order valence-electron chi connectivity index (χ1n) is 8.37. The second-order valence-corrected chi connectivity index (χ2v) is 6.54. The molecule has 0 saturated carbocycles. The summed E-state index contributed by atoms with van der Waals surface area (Å²) in [7, 11) is 3.38. The van der Waals surface area contributed by atoms with Gasteiger partial charge >= 0.3 is 0 Å². The van der Waals surface area contributed by atoms with Crippen LogP contribution in [-0.4, -0.2) is 50.8 Å². The molecular weight excluding hydrogens is 292 g/mol. The van der Waals surface area contributed by atoms with Gasteiger partial charge in [0, 0.05) is 26.1 Å². The van der Waals surface area contributed by atoms with E-state index < -0.39 is 0 Å². The zero-order valence-corrected chi connectivity index (χ0v) is 14.0. The van der Waals surface area contributed by atoms with E-state index >= 15 is 0 Å². The molecule has 2 aliphatic heterocycles. The van der Waals surface area contributed by atoms with E-state index in [1.54, 1.807) is 14.2 Å². The third-order valence-electron chi connectivity index (χ3n) is 5.11. The third-order valence-corrected chi connectivity index (χ3v) is 5.11. The molecule has 0 unspecified atom stereocenters. The summed E-state index contributed by atoms with van der Waals surface area (Å²) in [6.45, 7) is 3.88. The first kappa shape index (κ1) is 16.3. The Morgan fingerprint density at radius 3 is 2.87 bits per heavy atom. The lowest BCUT2D eigenvalue weighted by molar-refractivity contribution is -0.123. The van der Waals surface area contributed by atoms with E-state index in [0.717, 1.165) is 38.4 Å². The molecule has 5 nitrogen and oxygen atoms in total. The highest BCUT2D eigenvalue weighted by Crippen LogP contribution is 2.36. The maximum atomic E-state index is 11.6. The van der Waals surface area contributed by atoms with E-state index in [2.05, 4.69) is 22.3 Å². The topological polar surface area (TPSA) is 50.8 Å². The summed E-state index contributed by atoms with van der Waals surface area (Å²) in [6.07, 6.45) is 1.71. The molecule has 0 aliphatic carbocycles. The number of carbonyl (C=O) groups is 1. The Bertz CT molecular complexity index is 532. The van der Waals surface area contributed by atoms with Gasteiger partial charge < -0.3 is 14.8 Å². The minimum Gasteiger partial charge on any atom is -0.497 e. The summed E-state index contributed by atoms with van der Waals surface area (Å²) in [5, 5.41) is 2.70. The Kier molecular flexibility index (Phi) is 5.18. The lowest BCUT2D eigenvalue weighted by atomic mass is 9.83. The van der Waals surface area contributed by atoms with Crippen LogP contribution >= 0.6 is 0 Å². The second-order valence-electron chi connectivity index (χ2n) is 6.54. The molecule has 0 bridgehead atoms. The van der Waals surface area contributed by atoms with Gasteiger partial charge in [-0.2, -0.15) is 0 Å². The van der Waals surface area contributed by atoms with Gasteiger partial charge in [0.05, 0.1) is 26.2 Å². The Morgan fingerprint density at radius 1 is 1.39 bits per heavy atom. The molecule has 1 amide bonds. The zero-order valence-electron chi connectivity index (χ0n) is 14.0. The molecule has 3 rings (SSSR count). The van der Waals surface area contributed by atoms with E-state index in [4.69, 9.17) is 9.47 Å². The van der Waals surface area contributed by atoms with Crippen LogP contribution in [0.3, 0.4) is 0 Å². The van der Waals surface area contributed by atoms with E-state index in [1.807, 2.05) is 12.1 Å². The van der Waals surface area contributed by atoms with E-state index in [1.165, 1.54) is 5.56 Å². The predicted molar refractivity (Wildman–Crippen MR) is 88.3 cm³/mol. The second kappa shape index (κ2) is 7.32. The summed E-state index contributed by atoms with van der Waals surface area (Å²) in [4.78, 5) is 14.1. The molecule has 1 N–H and O–H groups in total. The number of piperidine rings is 1. The number of ether oxygens (including phenoxy) is 2. The average molecular weight is 318 g/mol. The van der Waals surface area contributed by atoms with Crippen LogP contribution < -0.4 is 10.1 Å². The largest absolute Gasteiger partial charge is 0.497 e. The maximum absolute atomic E-state index is 11.6. The number of nitrogens with one attached hydrogen (secondary N) is 1. The van der Waals surface area contributed by atoms with Crippen LogP contribution in [0.5, 0.6) is 5.75 Å². The number of hydrogen-bond donors (Lipinski definition) is 1. The molecule has 1 aromatic carbocycles. The fourth-order valence-electron chi connectivity index (χ4n) is 3.79. The van der Waals surface area contributed by atoms with Crippen LogP contribution in [0.15, 0.2) is 24.3 Å². The summed E-state index contributed by atoms with van der Waals surface area (Å²) in [5.74, 6) is 2.06. The Balaban J connectivity index is 1.53. The summed E-state index contributed by atoms with van der Waals surface area (Å²) < 4.78 is 11.1. The van der Waals surface area contributed by atoms with Crippen molar-refractivity contribution >= 4 is 5.91 Å². The molecule has 23 heavy (non-hydrogen) atoms. The number of rotatable bonds is 5. The fourth-order valence-corrected chi connectivity index (χ4v) is 3.79. The number of carbonyl (C=O) groups excluding carboxylic acids is 1. The van der Waals surface area contributed by atoms with Gasteiger partial charge in [0.1, 0.15) is 5.75 Å². The molecule has 126 valence electrons. The third kappa shape index (κ3) is 3.85. The van der Waals surface area contributed by atoms with Gasteiger partial charge in [-0.05, 0) is 36.6 Å². The van der Waals surface area contributed by atoms with Crippen LogP contribution in [0.4, 0.5) is 0 Å². The van der Waals surface area contributed by atoms with Crippen molar-refractivity contribution in [1.29, 1.82) is 0 Å². The van der Waals surface area contributed by atoms with Crippen molar-refractivity contribution in [1.82, 2.24) is 10.2 Å². The number of hydrogen-bond acceptors (Lipinski definition) is 4. The fraction of sp³-hybridized carbons (Fsp3) is 0.611. The molecule has 2 fully saturated rings. The first-order chi connectivity index (χ1) is 11.2. The number of amides is 1. The minimum absolute atomic E-state index is 0.0799. The van der Waals surface area contributed by atoms with Crippen molar-refractivity contribution < 1.29 is 14.3 Å². The van der Waals surface area contributed by atoms with Crippen LogP contribution in [0.2, 0.25) is 0 Å². The van der Waals surface area contributed by atoms with Crippen molar-refractivity contribution in [3.05, 3.63) is 29.8 Å². The number of benzene rings is 1. The predicted octanol–water partition coefficient (Wildman–Crippen LogP) is 1.67. The van der Waals surface area contributed by atoms with Gasteiger partial charge in [0.15, 0.2) is 0 Å². The summed E-state index contributed by atoms with van der Waals surface area (Å²) in [5.41, 5.74) is 1.31. The molecule has 0 spiro atoms. The van der Waals surface area contributed by atoms with Gasteiger partial charge in [0.2, 0.25) is 5.91 Å². The maximum Gasteiger partial charge on any atom is 0.222 e. The average Bonchev–Trinajstić information content (AvgIpc) is 2.97. The summed E-state index contributed by atoms with van der Waals surface area (Å²) >= 11 is 0. The lowest BCUT2D eigenvalue weighted by Crippen LogP contribution is -2.41. The highest BCUT2D eigenvalue weighted by atomic mass is 16.5. The van der Waals surface area contributed by atoms with Crippen molar-refractivity contribution in [2.75, 3.05) is 33.9 Å². The molecule has 5 heteroatoms. The van der Waals surface area contributed by atoms with Crippen molar-refractivity contribution in [2.45, 2.75) is 25.5 Å². The van der Waals surface area contributed by atoms with E-state index in [-0.39, 0.29) is 12.0 Å². The normalized spacial score (nSPS) is 27.5. The van der Waals surface area contributed by atoms with E-state index in [0.29, 0.717) is 18.3 Å². The smallest absolute Gasteiger partial charge is 0.222 e. The Morgan fingerprint density at radius 2 is 2.17 bits per heavy atom. The van der Waals surface area contributed by atoms with Gasteiger partial charge in [-0.25, -0.2) is 0 Å². The van der Waals surface area contributed by atoms with Crippen LogP contribution in [0.25, 0.3) is 0 Å². The first-order valence-corrected chi connectivity index (χ1v) is 8.37. The minimum atomic E-state index is 0.0799. The van der Waals surface area contributed by atoms with Crippen LogP contribution in [0.1, 0.15) is 18.4 Å². The number of fused-ring (bicyclic) bond motifs is 1. The Labute approximate surface area is 137 Å². The highest BCUT2D eigenvalue weighted by molar-refractivity contribution is 5.76. The Hall–Kier alpha value is -1.59. The van der Waals surface area contributed by atoms with Crippen LogP contribution in [0, 0.1) is 11.8 Å². The summed E-state index contributed by atoms with van der Waals surface area (Å²) in [6, 6.07) is 8.29. The molecule has 2 heterocycles. The van der Waals surface area contributed by atoms with Gasteiger partial charge in [0.25, 0.3) is 0 Å². The van der Waals surface area contributed by atoms with Gasteiger partial charge in [-0.15, -0.1) is 0 Å². The van der Waals surface area contributed by atoms with Crippen molar-refractivity contribution in [2.24, 2.45) is 11.8 Å². The van der Waals surface area contributed by atoms with Crippen molar-refractivity contribution in [3.8, 4) is 5.75 Å². The molecule has 0 radical (unpaired) electrons. The van der Waals surface area contributed by atoms with Gasteiger partial charge in [-0.1, -0.05) is 12.1 Å². The van der Waals surface area contributed by atoms with Crippen LogP contribution in [-0.2, 0) is 16.1 Å². The number of likely N-dealkylation sites (tertiary alicyclic amines) is 1. The zero-order chi connectivity index (χ0) is 16.2. The molecule has 2 saturated heterocycles. The van der Waals surface area contributed by atoms with E-state index in [9.17, 15) is 4.79 Å². The number of nitrogens with zero attached hydrogens (tertiary/aromatic N) is 1. The molecule has 3 atom stereocenters. The molecule has 2 aliphatic rings. The molecule has 1 aromatic rings. The lowest BCUT2D eigenvalue weighted by Gasteiger charge is -2.35. The molecular formula is C18H26N2O3. The molecule has 0 aromatic heterocycles. The monoisotopic (exact) mass is 318 g/mol. The number of methoxy groups -OCH3 is 1. The van der Waals surface area contributed by atoms with Crippen molar-refractivity contribution in [3.63, 3.8) is 0 Å². The highest BCUT2D eigenvalue weighted by Gasteiger charge is 2.41. The standard InChI is InChI=1S/C18H26N2O3/c1-19-18(21)9-17-16-7-8-20(11-14(16)12-23-17)10-13-3-5-15(22-2)6-4-13/h3-6,14,16-17H,7-12H2,1-2H3,(H,19,21)/t14-,16-,17+/m1/s1. The van der Waals surface area contributed by atoms with Gasteiger partial charge in [-0.3, -0.25) is 9.69 Å². The SMILES string of the molecule is CNC(=O)C[C@@H]1OC[C@H]2CN(Cc3ccc(OC)cc3)CC[C@H]21.